The molecule has 1 heterocycles. The highest BCUT2D eigenvalue weighted by molar-refractivity contribution is 7.89. The van der Waals surface area contributed by atoms with E-state index < -0.39 is 15.9 Å². The van der Waals surface area contributed by atoms with E-state index >= 15 is 0 Å². The van der Waals surface area contributed by atoms with Gasteiger partial charge in [0.2, 0.25) is 10.0 Å². The summed E-state index contributed by atoms with van der Waals surface area (Å²) in [7, 11) is -1.72. The molecule has 1 fully saturated rings. The van der Waals surface area contributed by atoms with Crippen molar-refractivity contribution in [2.75, 3.05) is 38.5 Å². The van der Waals surface area contributed by atoms with Crippen LogP contribution in [0.1, 0.15) is 15.9 Å². The molecule has 9 heteroatoms. The smallest absolute Gasteiger partial charge is 0.255 e. The van der Waals surface area contributed by atoms with Gasteiger partial charge in [0.25, 0.3) is 5.91 Å². The SMILES string of the molecule is Cc1ccc(C(=O)Nc2ccc(Cl)cc2Cl)cc1S(=O)(=O)N1CCN(C)CC1. The zero-order valence-electron chi connectivity index (χ0n) is 15.6. The van der Waals surface area contributed by atoms with Gasteiger partial charge >= 0.3 is 0 Å². The van der Waals surface area contributed by atoms with Crippen LogP contribution >= 0.6 is 23.2 Å². The maximum atomic E-state index is 13.1. The molecule has 0 saturated carbocycles. The number of nitrogens with one attached hydrogen (secondary N) is 1. The molecule has 0 spiro atoms. The van der Waals surface area contributed by atoms with Gasteiger partial charge < -0.3 is 10.2 Å². The van der Waals surface area contributed by atoms with E-state index in [1.54, 1.807) is 31.2 Å². The summed E-state index contributed by atoms with van der Waals surface area (Å²) in [5.74, 6) is -0.445. The van der Waals surface area contributed by atoms with Gasteiger partial charge in [0.05, 0.1) is 15.6 Å². The molecular formula is C19H21Cl2N3O3S. The Bertz CT molecular complexity index is 1000. The maximum absolute atomic E-state index is 13.1. The second-order valence-corrected chi connectivity index (χ2v) is 9.52. The maximum Gasteiger partial charge on any atom is 0.255 e. The normalized spacial score (nSPS) is 16.1. The average molecular weight is 442 g/mol. The fraction of sp³-hybridized carbons (Fsp3) is 0.316. The molecule has 1 amide bonds. The number of hydrogen-bond acceptors (Lipinski definition) is 4. The Kier molecular flexibility index (Phi) is 6.31. The summed E-state index contributed by atoms with van der Waals surface area (Å²) in [6.07, 6.45) is 0. The summed E-state index contributed by atoms with van der Waals surface area (Å²) in [4.78, 5) is 14.9. The Morgan fingerprint density at radius 3 is 2.36 bits per heavy atom. The topological polar surface area (TPSA) is 69.7 Å². The molecule has 0 unspecified atom stereocenters. The predicted molar refractivity (Wildman–Crippen MR) is 112 cm³/mol. The molecule has 0 aromatic heterocycles. The molecule has 1 saturated heterocycles. The average Bonchev–Trinajstić information content (AvgIpc) is 2.64. The van der Waals surface area contributed by atoms with Gasteiger partial charge in [0.15, 0.2) is 0 Å². The van der Waals surface area contributed by atoms with Crippen LogP contribution in [0.3, 0.4) is 0 Å². The van der Waals surface area contributed by atoms with Crippen molar-refractivity contribution >= 4 is 44.8 Å². The first kappa shape index (κ1) is 21.1. The van der Waals surface area contributed by atoms with Crippen LogP contribution in [0.4, 0.5) is 5.69 Å². The molecule has 0 aliphatic carbocycles. The van der Waals surface area contributed by atoms with E-state index in [2.05, 4.69) is 10.2 Å². The number of aryl methyl sites for hydroxylation is 1. The number of sulfonamides is 1. The number of amides is 1. The highest BCUT2D eigenvalue weighted by Crippen LogP contribution is 2.27. The first-order valence-corrected chi connectivity index (χ1v) is 10.9. The first-order valence-electron chi connectivity index (χ1n) is 8.74. The van der Waals surface area contributed by atoms with Crippen molar-refractivity contribution < 1.29 is 13.2 Å². The predicted octanol–water partition coefficient (Wildman–Crippen LogP) is 3.49. The molecule has 0 atom stereocenters. The van der Waals surface area contributed by atoms with E-state index in [0.717, 1.165) is 0 Å². The van der Waals surface area contributed by atoms with Gasteiger partial charge in [0, 0.05) is 36.8 Å². The van der Waals surface area contributed by atoms with Gasteiger partial charge in [-0.05, 0) is 49.9 Å². The second kappa shape index (κ2) is 8.39. The van der Waals surface area contributed by atoms with Gasteiger partial charge in [-0.15, -0.1) is 0 Å². The van der Waals surface area contributed by atoms with Gasteiger partial charge in [-0.25, -0.2) is 8.42 Å². The largest absolute Gasteiger partial charge is 0.321 e. The fourth-order valence-electron chi connectivity index (χ4n) is 2.97. The van der Waals surface area contributed by atoms with Crippen LogP contribution in [0.2, 0.25) is 10.0 Å². The van der Waals surface area contributed by atoms with Gasteiger partial charge in [-0.3, -0.25) is 4.79 Å². The van der Waals surface area contributed by atoms with Gasteiger partial charge in [-0.2, -0.15) is 4.31 Å². The molecule has 28 heavy (non-hydrogen) atoms. The lowest BCUT2D eigenvalue weighted by Crippen LogP contribution is -2.47. The zero-order valence-corrected chi connectivity index (χ0v) is 17.9. The van der Waals surface area contributed by atoms with Crippen LogP contribution in [-0.2, 0) is 10.0 Å². The van der Waals surface area contributed by atoms with E-state index in [1.165, 1.54) is 16.4 Å². The lowest BCUT2D eigenvalue weighted by atomic mass is 10.1. The van der Waals surface area contributed by atoms with Crippen molar-refractivity contribution in [1.29, 1.82) is 0 Å². The van der Waals surface area contributed by atoms with Crippen molar-refractivity contribution in [1.82, 2.24) is 9.21 Å². The molecule has 2 aromatic carbocycles. The second-order valence-electron chi connectivity index (χ2n) is 6.77. The van der Waals surface area contributed by atoms with E-state index in [1.807, 2.05) is 7.05 Å². The molecule has 150 valence electrons. The van der Waals surface area contributed by atoms with Crippen LogP contribution in [0.25, 0.3) is 0 Å². The third-order valence-corrected chi connectivity index (χ3v) is 7.30. The van der Waals surface area contributed by atoms with Gasteiger partial charge in [0.1, 0.15) is 0 Å². The molecular weight excluding hydrogens is 421 g/mol. The number of carbonyl (C=O) groups excluding carboxylic acids is 1. The van der Waals surface area contributed by atoms with Crippen molar-refractivity contribution in [3.63, 3.8) is 0 Å². The summed E-state index contributed by atoms with van der Waals surface area (Å²) < 4.78 is 27.6. The molecule has 2 aromatic rings. The Morgan fingerprint density at radius 1 is 1.04 bits per heavy atom. The van der Waals surface area contributed by atoms with Crippen LogP contribution < -0.4 is 5.32 Å². The fourth-order valence-corrected chi connectivity index (χ4v) is 5.10. The Morgan fingerprint density at radius 2 is 1.71 bits per heavy atom. The standard InChI is InChI=1S/C19H21Cl2N3O3S/c1-13-3-4-14(19(25)22-17-6-5-15(20)12-16(17)21)11-18(13)28(26,27)24-9-7-23(2)8-10-24/h3-6,11-12H,7-10H2,1-2H3,(H,22,25). The molecule has 0 radical (unpaired) electrons. The minimum atomic E-state index is -3.68. The number of anilines is 1. The number of benzene rings is 2. The lowest BCUT2D eigenvalue weighted by Gasteiger charge is -2.32. The number of hydrogen-bond donors (Lipinski definition) is 1. The van der Waals surface area contributed by atoms with Crippen molar-refractivity contribution in [3.05, 3.63) is 57.6 Å². The van der Waals surface area contributed by atoms with Crippen molar-refractivity contribution in [3.8, 4) is 0 Å². The van der Waals surface area contributed by atoms with E-state index in [4.69, 9.17) is 23.2 Å². The summed E-state index contributed by atoms with van der Waals surface area (Å²) in [5, 5.41) is 3.45. The molecule has 1 N–H and O–H groups in total. The van der Waals surface area contributed by atoms with E-state index in [9.17, 15) is 13.2 Å². The summed E-state index contributed by atoms with van der Waals surface area (Å²) in [5.41, 5.74) is 1.24. The number of piperazine rings is 1. The van der Waals surface area contributed by atoms with E-state index in [-0.39, 0.29) is 10.5 Å². The summed E-state index contributed by atoms with van der Waals surface area (Å²) in [6.45, 7) is 3.92. The lowest BCUT2D eigenvalue weighted by molar-refractivity contribution is 0.102. The zero-order chi connectivity index (χ0) is 20.5. The van der Waals surface area contributed by atoms with Crippen LogP contribution in [0.5, 0.6) is 0 Å². The highest BCUT2D eigenvalue weighted by Gasteiger charge is 2.29. The van der Waals surface area contributed by atoms with Crippen molar-refractivity contribution in [2.24, 2.45) is 0 Å². The third-order valence-electron chi connectivity index (χ3n) is 4.71. The monoisotopic (exact) mass is 441 g/mol. The Labute approximate surface area is 175 Å². The Balaban J connectivity index is 1.87. The van der Waals surface area contributed by atoms with Crippen LogP contribution in [0, 0.1) is 6.92 Å². The molecule has 3 rings (SSSR count). The first-order chi connectivity index (χ1) is 13.2. The number of nitrogens with zero attached hydrogens (tertiary/aromatic N) is 2. The number of rotatable bonds is 4. The molecule has 0 bridgehead atoms. The minimum Gasteiger partial charge on any atom is -0.321 e. The van der Waals surface area contributed by atoms with Crippen LogP contribution in [-0.4, -0.2) is 56.8 Å². The van der Waals surface area contributed by atoms with E-state index in [0.29, 0.717) is 47.5 Å². The molecule has 1 aliphatic rings. The van der Waals surface area contributed by atoms with Crippen molar-refractivity contribution in [2.45, 2.75) is 11.8 Å². The number of halogens is 2. The quantitative estimate of drug-likeness (QED) is 0.787. The minimum absolute atomic E-state index is 0.145. The molecule has 1 aliphatic heterocycles. The summed E-state index contributed by atoms with van der Waals surface area (Å²) >= 11 is 12.0. The van der Waals surface area contributed by atoms with Crippen LogP contribution in [0.15, 0.2) is 41.3 Å². The highest BCUT2D eigenvalue weighted by atomic mass is 35.5. The number of carbonyl (C=O) groups is 1. The molecule has 6 nitrogen and oxygen atoms in total. The summed E-state index contributed by atoms with van der Waals surface area (Å²) in [6, 6.07) is 9.39. The van der Waals surface area contributed by atoms with Gasteiger partial charge in [-0.1, -0.05) is 29.3 Å². The number of likely N-dealkylation sites (N-methyl/N-ethyl adjacent to an activating group) is 1. The third kappa shape index (κ3) is 4.50. The Hall–Kier alpha value is -1.64.